The van der Waals surface area contributed by atoms with Gasteiger partial charge in [-0.15, -0.1) is 0 Å². The van der Waals surface area contributed by atoms with Gasteiger partial charge in [0.05, 0.1) is 28.9 Å². The fourth-order valence-corrected chi connectivity index (χ4v) is 5.14. The number of likely N-dealkylation sites (tertiary alicyclic amines) is 1. The summed E-state index contributed by atoms with van der Waals surface area (Å²) in [6, 6.07) is 20.9. The fourth-order valence-electron chi connectivity index (χ4n) is 5.14. The van der Waals surface area contributed by atoms with Crippen molar-refractivity contribution in [2.45, 2.75) is 12.1 Å². The first-order chi connectivity index (χ1) is 18.0. The maximum absolute atomic E-state index is 10.8. The van der Waals surface area contributed by atoms with Gasteiger partial charge in [0.1, 0.15) is 12.4 Å². The predicted octanol–water partition coefficient (Wildman–Crippen LogP) is 3.22. The Hall–Kier alpha value is -4.02. The third kappa shape index (κ3) is 5.55. The fraction of sp³-hybridized carbons (Fsp3) is 0.333. The van der Waals surface area contributed by atoms with Gasteiger partial charge in [0.15, 0.2) is 0 Å². The Labute approximate surface area is 215 Å². The molecule has 0 amide bonds. The van der Waals surface area contributed by atoms with Gasteiger partial charge < -0.3 is 16.0 Å². The molecule has 0 bridgehead atoms. The Balaban J connectivity index is 0.000000152. The summed E-state index contributed by atoms with van der Waals surface area (Å²) in [4.78, 5) is 12.7. The lowest BCUT2D eigenvalue weighted by molar-refractivity contribution is -0.385. The molecule has 3 N–H and O–H groups in total. The topological polar surface area (TPSA) is 120 Å². The van der Waals surface area contributed by atoms with E-state index in [9.17, 15) is 10.1 Å². The minimum atomic E-state index is -0.412. The lowest BCUT2D eigenvalue weighted by Gasteiger charge is -2.41. The molecule has 2 aromatic heterocycles. The molecule has 4 heterocycles. The van der Waals surface area contributed by atoms with Gasteiger partial charge in [0.2, 0.25) is 0 Å². The Morgan fingerprint density at radius 3 is 1.86 bits per heavy atom. The quantitative estimate of drug-likeness (QED) is 0.295. The van der Waals surface area contributed by atoms with Gasteiger partial charge in [-0.2, -0.15) is 10.2 Å². The number of nitrogens with two attached hydrogens (primary N) is 1. The maximum atomic E-state index is 10.8. The third-order valence-electron chi connectivity index (χ3n) is 7.07. The molecule has 2 atom stereocenters. The number of aromatic nitrogens is 4. The summed E-state index contributed by atoms with van der Waals surface area (Å²) >= 11 is 0. The lowest BCUT2D eigenvalue weighted by Crippen LogP contribution is -2.48. The van der Waals surface area contributed by atoms with Crippen molar-refractivity contribution >= 4 is 11.4 Å². The summed E-state index contributed by atoms with van der Waals surface area (Å²) in [6.07, 6.45) is 6.46. The van der Waals surface area contributed by atoms with Crippen LogP contribution >= 0.6 is 0 Å². The molecule has 2 aliphatic rings. The van der Waals surface area contributed by atoms with Crippen LogP contribution in [0, 0.1) is 22.0 Å². The normalized spacial score (nSPS) is 17.6. The number of nitrogen functional groups attached to an aromatic ring is 1. The Morgan fingerprint density at radius 1 is 0.892 bits per heavy atom. The average molecular weight is 501 g/mol. The van der Waals surface area contributed by atoms with Gasteiger partial charge in [-0.3, -0.25) is 19.5 Å². The summed E-state index contributed by atoms with van der Waals surface area (Å²) in [5.74, 6) is 1.03. The summed E-state index contributed by atoms with van der Waals surface area (Å²) in [5.41, 5.74) is 8.98. The summed E-state index contributed by atoms with van der Waals surface area (Å²) in [7, 11) is 2.15. The van der Waals surface area contributed by atoms with Crippen molar-refractivity contribution in [3.63, 3.8) is 0 Å². The van der Waals surface area contributed by atoms with Crippen molar-refractivity contribution < 1.29 is 4.92 Å². The van der Waals surface area contributed by atoms with Crippen molar-refractivity contribution in [1.29, 1.82) is 0 Å². The lowest BCUT2D eigenvalue weighted by atomic mass is 9.87. The molecule has 2 aromatic carbocycles. The molecule has 10 nitrogen and oxygen atoms in total. The molecule has 0 aliphatic carbocycles. The van der Waals surface area contributed by atoms with E-state index in [4.69, 9.17) is 5.73 Å². The van der Waals surface area contributed by atoms with Gasteiger partial charge >= 0.3 is 5.69 Å². The van der Waals surface area contributed by atoms with Gasteiger partial charge in [0, 0.05) is 44.2 Å². The zero-order chi connectivity index (χ0) is 25.8. The first-order valence-electron chi connectivity index (χ1n) is 12.5. The van der Waals surface area contributed by atoms with E-state index in [0.717, 1.165) is 37.4 Å². The molecule has 2 unspecified atom stereocenters. The van der Waals surface area contributed by atoms with Crippen molar-refractivity contribution in [2.75, 3.05) is 39.0 Å². The van der Waals surface area contributed by atoms with E-state index in [2.05, 4.69) is 51.7 Å². The number of nitro groups is 1. The molecule has 192 valence electrons. The van der Waals surface area contributed by atoms with Crippen LogP contribution in [-0.2, 0) is 0 Å². The molecule has 0 radical (unpaired) electrons. The van der Waals surface area contributed by atoms with Crippen LogP contribution in [0.15, 0.2) is 85.5 Å². The van der Waals surface area contributed by atoms with E-state index in [1.165, 1.54) is 18.0 Å². The van der Waals surface area contributed by atoms with Crippen LogP contribution in [0.1, 0.15) is 23.2 Å². The number of rotatable bonds is 7. The van der Waals surface area contributed by atoms with Gasteiger partial charge in [-0.1, -0.05) is 60.7 Å². The van der Waals surface area contributed by atoms with E-state index in [1.54, 1.807) is 10.9 Å². The minimum Gasteiger partial charge on any atom is -0.396 e. The molecule has 10 heteroatoms. The molecule has 6 rings (SSSR count). The monoisotopic (exact) mass is 500 g/mol. The molecule has 2 fully saturated rings. The third-order valence-corrected chi connectivity index (χ3v) is 7.07. The molecule has 2 saturated heterocycles. The van der Waals surface area contributed by atoms with Crippen LogP contribution in [0.3, 0.4) is 0 Å². The van der Waals surface area contributed by atoms with Gasteiger partial charge in [-0.05, 0) is 18.2 Å². The zero-order valence-electron chi connectivity index (χ0n) is 20.8. The molecule has 0 saturated carbocycles. The number of anilines is 1. The van der Waals surface area contributed by atoms with Gasteiger partial charge in [-0.25, -0.2) is 0 Å². The van der Waals surface area contributed by atoms with Crippen molar-refractivity contribution in [1.82, 2.24) is 29.8 Å². The van der Waals surface area contributed by atoms with E-state index < -0.39 is 4.92 Å². The highest BCUT2D eigenvalue weighted by Gasteiger charge is 2.34. The second-order valence-corrected chi connectivity index (χ2v) is 9.80. The van der Waals surface area contributed by atoms with Crippen LogP contribution in [0.4, 0.5) is 11.4 Å². The molecular formula is C27H32N8O2. The van der Waals surface area contributed by atoms with E-state index in [1.807, 2.05) is 47.3 Å². The molecule has 4 aromatic rings. The minimum absolute atomic E-state index is 0.0354. The van der Waals surface area contributed by atoms with Crippen LogP contribution < -0.4 is 11.1 Å². The van der Waals surface area contributed by atoms with Crippen molar-refractivity contribution in [2.24, 2.45) is 11.8 Å². The average Bonchev–Trinajstić information content (AvgIpc) is 3.52. The number of hydrogen-bond acceptors (Lipinski definition) is 7. The first kappa shape index (κ1) is 24.7. The van der Waals surface area contributed by atoms with Gasteiger partial charge in [0.25, 0.3) is 0 Å². The summed E-state index contributed by atoms with van der Waals surface area (Å²) in [6.45, 7) is 4.04. The molecule has 37 heavy (non-hydrogen) atoms. The highest BCUT2D eigenvalue weighted by Crippen LogP contribution is 2.33. The number of benzene rings is 2. The summed E-state index contributed by atoms with van der Waals surface area (Å²) in [5, 5.41) is 22.6. The van der Waals surface area contributed by atoms with E-state index in [0.29, 0.717) is 17.9 Å². The summed E-state index contributed by atoms with van der Waals surface area (Å²) < 4.78 is 3.71. The van der Waals surface area contributed by atoms with E-state index >= 15 is 0 Å². The second-order valence-electron chi connectivity index (χ2n) is 9.80. The predicted molar refractivity (Wildman–Crippen MR) is 142 cm³/mol. The first-order valence-corrected chi connectivity index (χ1v) is 12.5. The van der Waals surface area contributed by atoms with Crippen molar-refractivity contribution in [3.8, 4) is 0 Å². The van der Waals surface area contributed by atoms with E-state index in [-0.39, 0.29) is 11.7 Å². The largest absolute Gasteiger partial charge is 0.396 e. The maximum Gasteiger partial charge on any atom is 0.307 e. The number of hydrogen-bond donors (Lipinski definition) is 2. The highest BCUT2D eigenvalue weighted by molar-refractivity contribution is 5.32. The van der Waals surface area contributed by atoms with Crippen LogP contribution in [0.25, 0.3) is 0 Å². The zero-order valence-corrected chi connectivity index (χ0v) is 20.8. The Morgan fingerprint density at radius 2 is 1.43 bits per heavy atom. The molecular weight excluding hydrogens is 468 g/mol. The van der Waals surface area contributed by atoms with Crippen molar-refractivity contribution in [3.05, 3.63) is 107 Å². The molecule has 2 aliphatic heterocycles. The molecule has 0 spiro atoms. The number of nitrogens with zero attached hydrogens (tertiary/aromatic N) is 6. The number of nitrogens with one attached hydrogen (secondary N) is 1. The standard InChI is InChI=1S/C14H18N4.C13H14N4O2/c1-17-8-12(9-17)14(11-5-3-2-4-6-11)18-10-13(15)7-16-18;18-17(19)12-8-15-16(9-12)13(11-6-14-7-11)10-4-2-1-3-5-10/h2-7,10,12,14H,8-9,15H2,1H3;1-5,8-9,11,13-14H,6-7H2. The second kappa shape index (κ2) is 10.9. The van der Waals surface area contributed by atoms with Crippen LogP contribution in [0.5, 0.6) is 0 Å². The Bertz CT molecular complexity index is 1300. The SMILES string of the molecule is CN1CC(C(c2ccccc2)n2cc(N)cn2)C1.O=[N+]([O-])c1cnn(C(c2ccccc2)C2CNC2)c1. The highest BCUT2D eigenvalue weighted by atomic mass is 16.6. The Kier molecular flexibility index (Phi) is 7.29. The van der Waals surface area contributed by atoms with Crippen LogP contribution in [0.2, 0.25) is 0 Å². The smallest absolute Gasteiger partial charge is 0.307 e. The van der Waals surface area contributed by atoms with Crippen LogP contribution in [-0.4, -0.2) is 62.6 Å².